The van der Waals surface area contributed by atoms with Crippen LogP contribution in [-0.4, -0.2) is 44.7 Å². The van der Waals surface area contributed by atoms with E-state index < -0.39 is 29.4 Å². The quantitative estimate of drug-likeness (QED) is 0.219. The van der Waals surface area contributed by atoms with E-state index in [0.717, 1.165) is 26.7 Å². The van der Waals surface area contributed by atoms with Crippen LogP contribution in [0, 0.1) is 0 Å². The molecule has 2 atom stereocenters. The molecule has 0 aliphatic carbocycles. The van der Waals surface area contributed by atoms with Crippen LogP contribution in [0.4, 0.5) is 0 Å². The van der Waals surface area contributed by atoms with Crippen LogP contribution in [0.1, 0.15) is 117 Å². The lowest BCUT2D eigenvalue weighted by atomic mass is 9.84. The maximum atomic E-state index is 11.5. The molecular weight excluding hydrogens is 356 g/mol. The van der Waals surface area contributed by atoms with E-state index in [9.17, 15) is 24.9 Å². The van der Waals surface area contributed by atoms with Gasteiger partial charge in [-0.3, -0.25) is 9.59 Å². The third-order valence-corrected chi connectivity index (χ3v) is 5.72. The summed E-state index contributed by atoms with van der Waals surface area (Å²) >= 11 is 0. The molecule has 0 aromatic rings. The average molecular weight is 401 g/mol. The molecule has 0 aromatic heterocycles. The molecule has 0 saturated carbocycles. The van der Waals surface area contributed by atoms with Crippen LogP contribution < -0.4 is 0 Å². The summed E-state index contributed by atoms with van der Waals surface area (Å²) < 4.78 is 0. The zero-order chi connectivity index (χ0) is 21.4. The van der Waals surface area contributed by atoms with Crippen molar-refractivity contribution in [2.75, 3.05) is 0 Å². The van der Waals surface area contributed by atoms with Gasteiger partial charge in [0.05, 0.1) is 6.10 Å². The van der Waals surface area contributed by atoms with Crippen molar-refractivity contribution in [1.82, 2.24) is 0 Å². The van der Waals surface area contributed by atoms with Gasteiger partial charge in [0.1, 0.15) is 6.10 Å². The summed E-state index contributed by atoms with van der Waals surface area (Å²) in [5.74, 6) is -1.68. The zero-order valence-electron chi connectivity index (χ0n) is 18.4. The fourth-order valence-corrected chi connectivity index (χ4v) is 3.65. The maximum Gasteiger partial charge on any atom is 0.209 e. The van der Waals surface area contributed by atoms with Crippen LogP contribution in [-0.2, 0) is 9.59 Å². The summed E-state index contributed by atoms with van der Waals surface area (Å²) in [5, 5.41) is 30.2. The van der Waals surface area contributed by atoms with E-state index >= 15 is 0 Å². The van der Waals surface area contributed by atoms with Crippen molar-refractivity contribution in [3.63, 3.8) is 0 Å². The smallest absolute Gasteiger partial charge is 0.209 e. The summed E-state index contributed by atoms with van der Waals surface area (Å²) in [6.45, 7) is 4.34. The van der Waals surface area contributed by atoms with Crippen molar-refractivity contribution in [3.05, 3.63) is 0 Å². The molecule has 0 spiro atoms. The summed E-state index contributed by atoms with van der Waals surface area (Å²) in [6, 6.07) is 0. The number of Topliss-reactive ketones (excluding diaryl/α,β-unsaturated/α-hetero) is 2. The topological polar surface area (TPSA) is 94.8 Å². The van der Waals surface area contributed by atoms with Crippen molar-refractivity contribution < 1.29 is 24.9 Å². The molecule has 5 heteroatoms. The Morgan fingerprint density at radius 3 is 1.32 bits per heavy atom. The number of unbranched alkanes of at least 4 members (excludes halogenated alkanes) is 13. The molecule has 166 valence electrons. The van der Waals surface area contributed by atoms with Gasteiger partial charge in [0, 0.05) is 0 Å². The lowest BCUT2D eigenvalue weighted by Gasteiger charge is -2.31. The van der Waals surface area contributed by atoms with Gasteiger partial charge in [-0.15, -0.1) is 0 Å². The first kappa shape index (κ1) is 27.2. The van der Waals surface area contributed by atoms with E-state index in [-0.39, 0.29) is 6.42 Å². The molecule has 0 aliphatic rings. The first-order valence-corrected chi connectivity index (χ1v) is 11.4. The van der Waals surface area contributed by atoms with Gasteiger partial charge < -0.3 is 15.3 Å². The van der Waals surface area contributed by atoms with Crippen LogP contribution in [0.25, 0.3) is 0 Å². The standard InChI is InChI=1S/C23H44O5/c1-4-5-6-7-8-9-10-11-12-13-14-15-16-17-18-21(26)22(27)23(28,19(2)24)20(3)25/h21-22,26-28H,4-18H2,1-3H3. The molecule has 5 nitrogen and oxygen atoms in total. The Morgan fingerprint density at radius 2 is 1.00 bits per heavy atom. The van der Waals surface area contributed by atoms with Crippen molar-refractivity contribution in [2.24, 2.45) is 0 Å². The summed E-state index contributed by atoms with van der Waals surface area (Å²) in [7, 11) is 0. The van der Waals surface area contributed by atoms with Crippen molar-refractivity contribution in [3.8, 4) is 0 Å². The van der Waals surface area contributed by atoms with Gasteiger partial charge >= 0.3 is 0 Å². The first-order chi connectivity index (χ1) is 13.3. The van der Waals surface area contributed by atoms with Crippen LogP contribution in [0.3, 0.4) is 0 Å². The van der Waals surface area contributed by atoms with Crippen LogP contribution in [0.5, 0.6) is 0 Å². The van der Waals surface area contributed by atoms with Crippen molar-refractivity contribution >= 4 is 11.6 Å². The van der Waals surface area contributed by atoms with Crippen molar-refractivity contribution in [1.29, 1.82) is 0 Å². The highest BCUT2D eigenvalue weighted by Crippen LogP contribution is 2.21. The van der Waals surface area contributed by atoms with E-state index in [2.05, 4.69) is 6.92 Å². The molecule has 2 unspecified atom stereocenters. The number of carbonyl (C=O) groups excluding carboxylic acids is 2. The number of aliphatic hydroxyl groups is 3. The van der Waals surface area contributed by atoms with E-state index in [1.165, 1.54) is 70.6 Å². The van der Waals surface area contributed by atoms with E-state index in [4.69, 9.17) is 0 Å². The second kappa shape index (κ2) is 16.1. The van der Waals surface area contributed by atoms with Crippen LogP contribution in [0.15, 0.2) is 0 Å². The van der Waals surface area contributed by atoms with Crippen LogP contribution >= 0.6 is 0 Å². The molecule has 0 radical (unpaired) electrons. The summed E-state index contributed by atoms with van der Waals surface area (Å²) in [6.07, 6.45) is 14.4. The summed E-state index contributed by atoms with van der Waals surface area (Å²) in [4.78, 5) is 23.0. The molecule has 28 heavy (non-hydrogen) atoms. The second-order valence-corrected chi connectivity index (χ2v) is 8.28. The lowest BCUT2D eigenvalue weighted by molar-refractivity contribution is -0.170. The van der Waals surface area contributed by atoms with Crippen LogP contribution in [0.2, 0.25) is 0 Å². The molecule has 0 fully saturated rings. The predicted octanol–water partition coefficient (Wildman–Crippen LogP) is 4.49. The highest BCUT2D eigenvalue weighted by Gasteiger charge is 2.48. The minimum atomic E-state index is -2.50. The number of carbonyl (C=O) groups is 2. The molecular formula is C23H44O5. The largest absolute Gasteiger partial charge is 0.390 e. The fourth-order valence-electron chi connectivity index (χ4n) is 3.65. The van der Waals surface area contributed by atoms with E-state index in [1.54, 1.807) is 0 Å². The van der Waals surface area contributed by atoms with Gasteiger partial charge in [-0.2, -0.15) is 0 Å². The Hall–Kier alpha value is -0.780. The Kier molecular flexibility index (Phi) is 15.6. The minimum Gasteiger partial charge on any atom is -0.390 e. The van der Waals surface area contributed by atoms with E-state index in [0.29, 0.717) is 6.42 Å². The monoisotopic (exact) mass is 400 g/mol. The van der Waals surface area contributed by atoms with Gasteiger partial charge in [0.15, 0.2) is 11.6 Å². The SMILES string of the molecule is CCCCCCCCCCCCCCCCC(O)C(O)C(O)(C(C)=O)C(C)=O. The Morgan fingerprint density at radius 1 is 0.679 bits per heavy atom. The molecule has 0 aliphatic heterocycles. The highest BCUT2D eigenvalue weighted by atomic mass is 16.4. The minimum absolute atomic E-state index is 0.266. The van der Waals surface area contributed by atoms with Gasteiger partial charge in [-0.1, -0.05) is 96.8 Å². The Bertz CT molecular complexity index is 407. The van der Waals surface area contributed by atoms with Crippen molar-refractivity contribution in [2.45, 2.75) is 135 Å². The molecule has 0 aromatic carbocycles. The number of rotatable bonds is 19. The predicted molar refractivity (Wildman–Crippen MR) is 113 cm³/mol. The number of aliphatic hydroxyl groups excluding tert-OH is 2. The van der Waals surface area contributed by atoms with Gasteiger partial charge in [0.25, 0.3) is 0 Å². The van der Waals surface area contributed by atoms with E-state index in [1.807, 2.05) is 0 Å². The zero-order valence-corrected chi connectivity index (χ0v) is 18.4. The average Bonchev–Trinajstić information content (AvgIpc) is 2.66. The lowest BCUT2D eigenvalue weighted by Crippen LogP contribution is -2.58. The third kappa shape index (κ3) is 10.7. The Labute approximate surface area is 171 Å². The molecule has 0 heterocycles. The van der Waals surface area contributed by atoms with Gasteiger partial charge in [-0.25, -0.2) is 0 Å². The maximum absolute atomic E-state index is 11.5. The molecule has 3 N–H and O–H groups in total. The molecule has 0 saturated heterocycles. The number of hydrogen-bond acceptors (Lipinski definition) is 5. The van der Waals surface area contributed by atoms with Gasteiger partial charge in [-0.05, 0) is 20.3 Å². The molecule has 0 rings (SSSR count). The number of hydrogen-bond donors (Lipinski definition) is 3. The molecule has 0 amide bonds. The first-order valence-electron chi connectivity index (χ1n) is 11.4. The number of ketones is 2. The second-order valence-electron chi connectivity index (χ2n) is 8.28. The third-order valence-electron chi connectivity index (χ3n) is 5.72. The normalized spacial score (nSPS) is 14.1. The molecule has 0 bridgehead atoms. The highest BCUT2D eigenvalue weighted by molar-refractivity contribution is 6.08. The van der Waals surface area contributed by atoms with Gasteiger partial charge in [0.2, 0.25) is 5.60 Å². The Balaban J connectivity index is 3.68. The fraction of sp³-hybridized carbons (Fsp3) is 0.913. The summed E-state index contributed by atoms with van der Waals surface area (Å²) in [5.41, 5.74) is -2.50.